The zero-order valence-electron chi connectivity index (χ0n) is 24.6. The molecule has 0 saturated carbocycles. The topological polar surface area (TPSA) is 104 Å². The summed E-state index contributed by atoms with van der Waals surface area (Å²) in [6, 6.07) is 26.0. The second-order valence-electron chi connectivity index (χ2n) is 9.82. The third kappa shape index (κ3) is 6.55. The van der Waals surface area contributed by atoms with Gasteiger partial charge in [0.25, 0.3) is 0 Å². The van der Waals surface area contributed by atoms with Gasteiger partial charge in [-0.3, -0.25) is 9.78 Å². The maximum absolute atomic E-state index is 14.0. The van der Waals surface area contributed by atoms with Gasteiger partial charge in [0, 0.05) is 29.3 Å². The molecule has 0 spiro atoms. The van der Waals surface area contributed by atoms with Crippen molar-refractivity contribution in [1.29, 1.82) is 0 Å². The Balaban J connectivity index is 1.63. The number of aromatic nitrogens is 1. The molecular formula is C36H31NO7. The number of carboxylic acid groups (broad SMARTS) is 1. The number of benzene rings is 4. The van der Waals surface area contributed by atoms with Crippen LogP contribution < -0.4 is 18.9 Å². The Morgan fingerprint density at radius 3 is 2.23 bits per heavy atom. The maximum Gasteiger partial charge on any atom is 0.328 e. The second kappa shape index (κ2) is 13.6. The predicted octanol–water partition coefficient (Wildman–Crippen LogP) is 7.51. The summed E-state index contributed by atoms with van der Waals surface area (Å²) in [5.41, 5.74) is 3.83. The van der Waals surface area contributed by atoms with Crippen LogP contribution in [0.25, 0.3) is 17.0 Å². The monoisotopic (exact) mass is 589 g/mol. The third-order valence-electron chi connectivity index (χ3n) is 7.03. The smallest absolute Gasteiger partial charge is 0.328 e. The number of ether oxygens (including phenoxy) is 4. The third-order valence-corrected chi connectivity index (χ3v) is 7.03. The van der Waals surface area contributed by atoms with E-state index in [1.807, 2.05) is 67.6 Å². The molecule has 0 bridgehead atoms. The first kappa shape index (κ1) is 29.8. The molecule has 0 atom stereocenters. The first-order valence-electron chi connectivity index (χ1n) is 14.0. The van der Waals surface area contributed by atoms with Gasteiger partial charge in [0.15, 0.2) is 17.3 Å². The quantitative estimate of drug-likeness (QED) is 0.118. The fourth-order valence-corrected chi connectivity index (χ4v) is 4.81. The molecule has 0 aliphatic rings. The summed E-state index contributed by atoms with van der Waals surface area (Å²) in [5, 5.41) is 9.66. The van der Waals surface area contributed by atoms with E-state index in [1.165, 1.54) is 26.5 Å². The minimum Gasteiger partial charge on any atom is -0.493 e. The van der Waals surface area contributed by atoms with E-state index >= 15 is 0 Å². The van der Waals surface area contributed by atoms with Crippen molar-refractivity contribution in [3.63, 3.8) is 0 Å². The molecule has 0 fully saturated rings. The molecular weight excluding hydrogens is 558 g/mol. The molecule has 1 N–H and O–H groups in total. The molecule has 44 heavy (non-hydrogen) atoms. The van der Waals surface area contributed by atoms with E-state index in [4.69, 9.17) is 24.1 Å². The highest BCUT2D eigenvalue weighted by Gasteiger charge is 2.24. The number of methoxy groups -OCH3 is 2. The molecule has 4 aromatic carbocycles. The fraction of sp³-hybridized carbons (Fsp3) is 0.139. The number of carboxylic acids is 1. The van der Waals surface area contributed by atoms with Crippen LogP contribution in [0.4, 0.5) is 0 Å². The van der Waals surface area contributed by atoms with Crippen molar-refractivity contribution in [3.05, 3.63) is 125 Å². The number of nitrogens with zero attached hydrogens (tertiary/aromatic N) is 1. The second-order valence-corrected chi connectivity index (χ2v) is 9.82. The Morgan fingerprint density at radius 2 is 1.55 bits per heavy atom. The van der Waals surface area contributed by atoms with Gasteiger partial charge in [-0.25, -0.2) is 4.79 Å². The average Bonchev–Trinajstić information content (AvgIpc) is 3.06. The maximum atomic E-state index is 14.0. The van der Waals surface area contributed by atoms with Crippen LogP contribution in [0.5, 0.6) is 28.7 Å². The van der Waals surface area contributed by atoms with Crippen LogP contribution in [0.1, 0.15) is 39.5 Å². The molecule has 0 aliphatic heterocycles. The molecule has 5 rings (SSSR count). The van der Waals surface area contributed by atoms with Crippen molar-refractivity contribution in [1.82, 2.24) is 4.98 Å². The molecule has 0 unspecified atom stereocenters. The molecule has 8 heteroatoms. The van der Waals surface area contributed by atoms with Crippen molar-refractivity contribution in [2.45, 2.75) is 20.0 Å². The highest BCUT2D eigenvalue weighted by Crippen LogP contribution is 2.45. The summed E-state index contributed by atoms with van der Waals surface area (Å²) < 4.78 is 23.8. The first-order chi connectivity index (χ1) is 21.4. The number of carbonyl (C=O) groups is 2. The van der Waals surface area contributed by atoms with E-state index in [-0.39, 0.29) is 34.3 Å². The van der Waals surface area contributed by atoms with E-state index < -0.39 is 5.97 Å². The van der Waals surface area contributed by atoms with Gasteiger partial charge in [-0.15, -0.1) is 0 Å². The first-order valence-corrected chi connectivity index (χ1v) is 14.0. The summed E-state index contributed by atoms with van der Waals surface area (Å²) in [7, 11) is 2.94. The Hall–Kier alpha value is -5.63. The van der Waals surface area contributed by atoms with Gasteiger partial charge in [0.1, 0.15) is 18.1 Å². The van der Waals surface area contributed by atoms with Gasteiger partial charge in [-0.2, -0.15) is 0 Å². The number of aliphatic carboxylic acids is 1. The van der Waals surface area contributed by atoms with Gasteiger partial charge in [0.2, 0.25) is 5.75 Å². The van der Waals surface area contributed by atoms with Crippen molar-refractivity contribution >= 4 is 28.7 Å². The standard InChI is InChI=1S/C36H31NO7/c1-4-25-12-8-9-13-27(25)34(40)29-21-37-30-20-26(43-22-23-10-6-5-7-11-23)15-16-28(30)35(29)44-36-31(41-2)18-24(14-17-33(38)39)19-32(36)42-3/h5-21H,4,22H2,1-3H3,(H,38,39)/b17-14+. The highest BCUT2D eigenvalue weighted by atomic mass is 16.5. The van der Waals surface area contributed by atoms with Crippen molar-refractivity contribution in [2.24, 2.45) is 0 Å². The van der Waals surface area contributed by atoms with Crippen molar-refractivity contribution < 1.29 is 33.6 Å². The van der Waals surface area contributed by atoms with Crippen LogP contribution in [0.15, 0.2) is 97.2 Å². The highest BCUT2D eigenvalue weighted by molar-refractivity contribution is 6.14. The van der Waals surface area contributed by atoms with E-state index in [0.717, 1.165) is 17.2 Å². The molecule has 8 nitrogen and oxygen atoms in total. The van der Waals surface area contributed by atoms with Crippen LogP contribution >= 0.6 is 0 Å². The number of pyridine rings is 1. The normalized spacial score (nSPS) is 11.0. The zero-order valence-corrected chi connectivity index (χ0v) is 24.6. The van der Waals surface area contributed by atoms with Crippen LogP contribution in [-0.2, 0) is 17.8 Å². The van der Waals surface area contributed by atoms with E-state index in [9.17, 15) is 9.59 Å². The number of carbonyl (C=O) groups excluding carboxylic acids is 1. The Bertz CT molecular complexity index is 1820. The lowest BCUT2D eigenvalue weighted by molar-refractivity contribution is -0.131. The summed E-state index contributed by atoms with van der Waals surface area (Å²) in [4.78, 5) is 29.8. The summed E-state index contributed by atoms with van der Waals surface area (Å²) >= 11 is 0. The lowest BCUT2D eigenvalue weighted by atomic mass is 9.96. The van der Waals surface area contributed by atoms with Crippen LogP contribution in [0.3, 0.4) is 0 Å². The Kier molecular flexibility index (Phi) is 9.20. The predicted molar refractivity (Wildman–Crippen MR) is 168 cm³/mol. The molecule has 222 valence electrons. The van der Waals surface area contributed by atoms with Crippen LogP contribution in [0.2, 0.25) is 0 Å². The van der Waals surface area contributed by atoms with E-state index in [2.05, 4.69) is 4.98 Å². The average molecular weight is 590 g/mol. The molecule has 5 aromatic rings. The van der Waals surface area contributed by atoms with Gasteiger partial charge in [0.05, 0.1) is 25.3 Å². The minimum atomic E-state index is -1.09. The molecule has 0 radical (unpaired) electrons. The Labute approximate surface area is 255 Å². The summed E-state index contributed by atoms with van der Waals surface area (Å²) in [6.07, 6.45) is 4.63. The SMILES string of the molecule is CCc1ccccc1C(=O)c1cnc2cc(OCc3ccccc3)ccc2c1Oc1c(OC)cc(/C=C/C(=O)O)cc1OC. The van der Waals surface area contributed by atoms with Gasteiger partial charge < -0.3 is 24.1 Å². The van der Waals surface area contributed by atoms with Gasteiger partial charge in [-0.05, 0) is 53.5 Å². The van der Waals surface area contributed by atoms with Crippen LogP contribution in [0, 0.1) is 0 Å². The number of hydrogen-bond donors (Lipinski definition) is 1. The molecule has 1 heterocycles. The molecule has 0 saturated heterocycles. The summed E-state index contributed by atoms with van der Waals surface area (Å²) in [6.45, 7) is 2.38. The lowest BCUT2D eigenvalue weighted by Gasteiger charge is -2.19. The Morgan fingerprint density at radius 1 is 0.841 bits per heavy atom. The number of rotatable bonds is 12. The van der Waals surface area contributed by atoms with Crippen molar-refractivity contribution in [2.75, 3.05) is 14.2 Å². The van der Waals surface area contributed by atoms with Crippen LogP contribution in [-0.4, -0.2) is 36.1 Å². The van der Waals surface area contributed by atoms with E-state index in [1.54, 1.807) is 24.3 Å². The van der Waals surface area contributed by atoms with Gasteiger partial charge in [-0.1, -0.05) is 61.5 Å². The number of fused-ring (bicyclic) bond motifs is 1. The van der Waals surface area contributed by atoms with Gasteiger partial charge >= 0.3 is 5.97 Å². The zero-order chi connectivity index (χ0) is 31.1. The number of aryl methyl sites for hydroxylation is 1. The lowest BCUT2D eigenvalue weighted by Crippen LogP contribution is -2.08. The summed E-state index contributed by atoms with van der Waals surface area (Å²) in [5.74, 6) is 0.344. The number of ketones is 1. The molecule has 1 aromatic heterocycles. The fourth-order valence-electron chi connectivity index (χ4n) is 4.81. The minimum absolute atomic E-state index is 0.220. The van der Waals surface area contributed by atoms with E-state index in [0.29, 0.717) is 40.8 Å². The molecule has 0 aliphatic carbocycles. The largest absolute Gasteiger partial charge is 0.493 e. The molecule has 0 amide bonds. The van der Waals surface area contributed by atoms with Crippen molar-refractivity contribution in [3.8, 4) is 28.7 Å². The number of hydrogen-bond acceptors (Lipinski definition) is 7.